The van der Waals surface area contributed by atoms with Gasteiger partial charge < -0.3 is 4.90 Å². The average molecular weight is 392 g/mol. The molecule has 0 saturated carbocycles. The fraction of sp³-hybridized carbons (Fsp3) is 0.389. The average Bonchev–Trinajstić information content (AvgIpc) is 3.24. The lowest BCUT2D eigenvalue weighted by atomic mass is 10.3. The van der Waals surface area contributed by atoms with Gasteiger partial charge in [0.05, 0.1) is 10.2 Å². The summed E-state index contributed by atoms with van der Waals surface area (Å²) in [5.41, 5.74) is 1.26. The third-order valence-electron chi connectivity index (χ3n) is 4.28. The standard InChI is InChI=1S/C18H22ClN5OS/c1-4-23(5-2)10-11-24(17(25)15-8-9-22(3)21-15)18-20-14-7-6-13(19)12-16(14)26-18/h6-9,12H,4-5,10-11H2,1-3H3. The first kappa shape index (κ1) is 18.8. The second-order valence-corrected chi connectivity index (χ2v) is 7.41. The molecule has 1 aromatic carbocycles. The third kappa shape index (κ3) is 4.06. The number of benzene rings is 1. The van der Waals surface area contributed by atoms with Crippen LogP contribution in [0.1, 0.15) is 24.3 Å². The van der Waals surface area contributed by atoms with Crippen molar-refractivity contribution in [2.45, 2.75) is 13.8 Å². The van der Waals surface area contributed by atoms with Gasteiger partial charge in [0.25, 0.3) is 5.91 Å². The normalized spacial score (nSPS) is 11.4. The van der Waals surface area contributed by atoms with Crippen molar-refractivity contribution in [2.75, 3.05) is 31.1 Å². The summed E-state index contributed by atoms with van der Waals surface area (Å²) in [5, 5.41) is 5.60. The molecular weight excluding hydrogens is 370 g/mol. The Hall–Kier alpha value is -1.96. The number of anilines is 1. The highest BCUT2D eigenvalue weighted by Crippen LogP contribution is 2.31. The summed E-state index contributed by atoms with van der Waals surface area (Å²) in [5.74, 6) is -0.136. The molecule has 0 fully saturated rings. The van der Waals surface area contributed by atoms with Gasteiger partial charge in [0, 0.05) is 31.4 Å². The molecular formula is C18H22ClN5OS. The number of halogens is 1. The zero-order valence-corrected chi connectivity index (χ0v) is 16.7. The Kier molecular flexibility index (Phi) is 5.90. The van der Waals surface area contributed by atoms with Crippen LogP contribution in [-0.4, -0.2) is 51.8 Å². The fourth-order valence-corrected chi connectivity index (χ4v) is 4.00. The smallest absolute Gasteiger partial charge is 0.280 e. The zero-order chi connectivity index (χ0) is 18.7. The Labute approximate surface area is 162 Å². The molecule has 0 N–H and O–H groups in total. The quantitative estimate of drug-likeness (QED) is 0.616. The first-order valence-corrected chi connectivity index (χ1v) is 9.81. The minimum Gasteiger partial charge on any atom is -0.302 e. The molecule has 0 atom stereocenters. The van der Waals surface area contributed by atoms with Crippen LogP contribution in [0.3, 0.4) is 0 Å². The number of hydrogen-bond donors (Lipinski definition) is 0. The van der Waals surface area contributed by atoms with Gasteiger partial charge in [-0.05, 0) is 37.4 Å². The van der Waals surface area contributed by atoms with Crippen LogP contribution in [0.4, 0.5) is 5.13 Å². The molecule has 3 aromatic rings. The van der Waals surface area contributed by atoms with Crippen LogP contribution in [-0.2, 0) is 7.05 Å². The maximum Gasteiger partial charge on any atom is 0.280 e. The Balaban J connectivity index is 1.93. The van der Waals surface area contributed by atoms with E-state index in [1.807, 2.05) is 18.2 Å². The lowest BCUT2D eigenvalue weighted by molar-refractivity contribution is 0.0978. The van der Waals surface area contributed by atoms with Crippen LogP contribution in [0, 0.1) is 0 Å². The van der Waals surface area contributed by atoms with E-state index >= 15 is 0 Å². The lowest BCUT2D eigenvalue weighted by Crippen LogP contribution is -2.39. The first-order chi connectivity index (χ1) is 12.5. The van der Waals surface area contributed by atoms with Crippen molar-refractivity contribution in [2.24, 2.45) is 7.05 Å². The maximum absolute atomic E-state index is 13.1. The zero-order valence-electron chi connectivity index (χ0n) is 15.1. The van der Waals surface area contributed by atoms with E-state index < -0.39 is 0 Å². The summed E-state index contributed by atoms with van der Waals surface area (Å²) in [7, 11) is 1.80. The molecule has 26 heavy (non-hydrogen) atoms. The van der Waals surface area contributed by atoms with Gasteiger partial charge in [-0.2, -0.15) is 5.10 Å². The fourth-order valence-electron chi connectivity index (χ4n) is 2.73. The molecule has 0 unspecified atom stereocenters. The molecule has 0 bridgehead atoms. The third-order valence-corrected chi connectivity index (χ3v) is 5.56. The van der Waals surface area contributed by atoms with Gasteiger partial charge >= 0.3 is 0 Å². The Morgan fingerprint density at radius 2 is 2.00 bits per heavy atom. The van der Waals surface area contributed by atoms with E-state index in [-0.39, 0.29) is 5.91 Å². The summed E-state index contributed by atoms with van der Waals surface area (Å²) in [6, 6.07) is 7.31. The summed E-state index contributed by atoms with van der Waals surface area (Å²) in [4.78, 5) is 21.7. The Bertz CT molecular complexity index is 902. The van der Waals surface area contributed by atoms with Crippen molar-refractivity contribution in [1.29, 1.82) is 0 Å². The van der Waals surface area contributed by atoms with E-state index in [0.29, 0.717) is 22.4 Å². The van der Waals surface area contributed by atoms with Crippen LogP contribution in [0.5, 0.6) is 0 Å². The van der Waals surface area contributed by atoms with Crippen LogP contribution >= 0.6 is 22.9 Å². The molecule has 138 valence electrons. The monoisotopic (exact) mass is 391 g/mol. The minimum atomic E-state index is -0.136. The number of aromatic nitrogens is 3. The predicted octanol–water partition coefficient (Wildman–Crippen LogP) is 3.67. The molecule has 6 nitrogen and oxygen atoms in total. The van der Waals surface area contributed by atoms with Crippen molar-refractivity contribution in [3.63, 3.8) is 0 Å². The van der Waals surface area contributed by atoms with Crippen molar-refractivity contribution < 1.29 is 4.79 Å². The van der Waals surface area contributed by atoms with Crippen molar-refractivity contribution in [3.8, 4) is 0 Å². The molecule has 0 saturated heterocycles. The van der Waals surface area contributed by atoms with Crippen molar-refractivity contribution in [1.82, 2.24) is 19.7 Å². The molecule has 3 rings (SSSR count). The van der Waals surface area contributed by atoms with Gasteiger partial charge in [-0.25, -0.2) is 4.98 Å². The summed E-state index contributed by atoms with van der Waals surface area (Å²) >= 11 is 7.56. The highest BCUT2D eigenvalue weighted by molar-refractivity contribution is 7.22. The minimum absolute atomic E-state index is 0.136. The number of aryl methyl sites for hydroxylation is 1. The Morgan fingerprint density at radius 3 is 2.65 bits per heavy atom. The van der Waals surface area contributed by atoms with E-state index in [9.17, 15) is 4.79 Å². The first-order valence-electron chi connectivity index (χ1n) is 8.61. The number of amides is 1. The SMILES string of the molecule is CCN(CC)CCN(C(=O)c1ccn(C)n1)c1nc2ccc(Cl)cc2s1. The number of thiazole rings is 1. The van der Waals surface area contributed by atoms with Crippen LogP contribution in [0.25, 0.3) is 10.2 Å². The molecule has 1 amide bonds. The summed E-state index contributed by atoms with van der Waals surface area (Å²) in [6.07, 6.45) is 1.77. The molecule has 0 aliphatic heterocycles. The van der Waals surface area contributed by atoms with E-state index in [0.717, 1.165) is 29.9 Å². The second kappa shape index (κ2) is 8.16. The van der Waals surface area contributed by atoms with Crippen LogP contribution < -0.4 is 4.90 Å². The number of likely N-dealkylation sites (N-methyl/N-ethyl adjacent to an activating group) is 1. The topological polar surface area (TPSA) is 54.3 Å². The van der Waals surface area contributed by atoms with Gasteiger partial charge in [-0.15, -0.1) is 0 Å². The number of carbonyl (C=O) groups excluding carboxylic acids is 1. The molecule has 2 aromatic heterocycles. The van der Waals surface area contributed by atoms with Gasteiger partial charge in [-0.3, -0.25) is 14.4 Å². The maximum atomic E-state index is 13.1. The van der Waals surface area contributed by atoms with E-state index in [4.69, 9.17) is 11.6 Å². The molecule has 8 heteroatoms. The van der Waals surface area contributed by atoms with Gasteiger partial charge in [0.2, 0.25) is 0 Å². The van der Waals surface area contributed by atoms with Crippen LogP contribution in [0.15, 0.2) is 30.5 Å². The predicted molar refractivity (Wildman–Crippen MR) is 107 cm³/mol. The van der Waals surface area contributed by atoms with E-state index in [2.05, 4.69) is 28.8 Å². The van der Waals surface area contributed by atoms with Gasteiger partial charge in [0.15, 0.2) is 10.8 Å². The number of nitrogens with zero attached hydrogens (tertiary/aromatic N) is 5. The van der Waals surface area contributed by atoms with Crippen LogP contribution in [0.2, 0.25) is 5.02 Å². The Morgan fingerprint density at radius 1 is 1.23 bits per heavy atom. The molecule has 0 aliphatic carbocycles. The number of fused-ring (bicyclic) bond motifs is 1. The summed E-state index contributed by atoms with van der Waals surface area (Å²) in [6.45, 7) is 7.46. The highest BCUT2D eigenvalue weighted by Gasteiger charge is 2.23. The second-order valence-electron chi connectivity index (χ2n) is 5.97. The number of hydrogen-bond acceptors (Lipinski definition) is 5. The number of carbonyl (C=O) groups is 1. The molecule has 0 spiro atoms. The lowest BCUT2D eigenvalue weighted by Gasteiger charge is -2.24. The number of rotatable bonds is 7. The molecule has 0 aliphatic rings. The summed E-state index contributed by atoms with van der Waals surface area (Å²) < 4.78 is 2.60. The van der Waals surface area contributed by atoms with Gasteiger partial charge in [0.1, 0.15) is 0 Å². The van der Waals surface area contributed by atoms with E-state index in [1.54, 1.807) is 28.9 Å². The highest BCUT2D eigenvalue weighted by atomic mass is 35.5. The largest absolute Gasteiger partial charge is 0.302 e. The molecule has 2 heterocycles. The van der Waals surface area contributed by atoms with Crippen molar-refractivity contribution >= 4 is 44.2 Å². The van der Waals surface area contributed by atoms with Gasteiger partial charge in [-0.1, -0.05) is 36.8 Å². The van der Waals surface area contributed by atoms with Crippen molar-refractivity contribution in [3.05, 3.63) is 41.2 Å². The molecule has 0 radical (unpaired) electrons. The van der Waals surface area contributed by atoms with E-state index in [1.165, 1.54) is 11.3 Å².